The topological polar surface area (TPSA) is 106 Å². The first-order chi connectivity index (χ1) is 11.1. The van der Waals surface area contributed by atoms with E-state index in [-0.39, 0.29) is 12.5 Å². The van der Waals surface area contributed by atoms with Crippen molar-refractivity contribution in [2.24, 2.45) is 10.8 Å². The molecular weight excluding hydrogens is 300 g/mol. The van der Waals surface area contributed by atoms with Crippen LogP contribution in [0.5, 0.6) is 5.75 Å². The SMILES string of the molecule is C/C(=N/NC(N)=O)c1ccc(OCC(=O)N2CCOCC2)cc1. The van der Waals surface area contributed by atoms with Crippen LogP contribution in [0, 0.1) is 0 Å². The molecule has 8 heteroatoms. The van der Waals surface area contributed by atoms with Crippen molar-refractivity contribution < 1.29 is 19.1 Å². The molecule has 8 nitrogen and oxygen atoms in total. The van der Waals surface area contributed by atoms with Crippen molar-refractivity contribution in [1.29, 1.82) is 0 Å². The van der Waals surface area contributed by atoms with E-state index in [9.17, 15) is 9.59 Å². The fourth-order valence-electron chi connectivity index (χ4n) is 2.04. The second kappa shape index (κ2) is 8.14. The van der Waals surface area contributed by atoms with E-state index in [1.54, 1.807) is 36.1 Å². The summed E-state index contributed by atoms with van der Waals surface area (Å²) >= 11 is 0. The van der Waals surface area contributed by atoms with Crippen LogP contribution in [0.2, 0.25) is 0 Å². The molecule has 0 radical (unpaired) electrons. The van der Waals surface area contributed by atoms with Crippen LogP contribution in [-0.2, 0) is 9.53 Å². The number of hydrazone groups is 1. The van der Waals surface area contributed by atoms with Gasteiger partial charge in [-0.2, -0.15) is 5.10 Å². The van der Waals surface area contributed by atoms with Gasteiger partial charge in [0, 0.05) is 13.1 Å². The Balaban J connectivity index is 1.86. The van der Waals surface area contributed by atoms with E-state index < -0.39 is 6.03 Å². The molecule has 1 aromatic rings. The normalized spacial score (nSPS) is 15.2. The van der Waals surface area contributed by atoms with E-state index >= 15 is 0 Å². The molecular formula is C15H20N4O4. The summed E-state index contributed by atoms with van der Waals surface area (Å²) in [5.74, 6) is 0.534. The number of nitrogens with two attached hydrogens (primary N) is 1. The van der Waals surface area contributed by atoms with Crippen LogP contribution in [0.15, 0.2) is 29.4 Å². The first-order valence-corrected chi connectivity index (χ1v) is 7.25. The van der Waals surface area contributed by atoms with Gasteiger partial charge in [0.1, 0.15) is 5.75 Å². The summed E-state index contributed by atoms with van der Waals surface area (Å²) in [6.07, 6.45) is 0. The number of nitrogens with one attached hydrogen (secondary N) is 1. The lowest BCUT2D eigenvalue weighted by Gasteiger charge is -2.26. The van der Waals surface area contributed by atoms with Gasteiger partial charge in [-0.15, -0.1) is 0 Å². The van der Waals surface area contributed by atoms with Gasteiger partial charge in [-0.1, -0.05) is 0 Å². The van der Waals surface area contributed by atoms with Crippen LogP contribution >= 0.6 is 0 Å². The minimum Gasteiger partial charge on any atom is -0.484 e. The molecule has 1 heterocycles. The maximum Gasteiger partial charge on any atom is 0.332 e. The summed E-state index contributed by atoms with van der Waals surface area (Å²) in [4.78, 5) is 24.3. The average Bonchev–Trinajstić information content (AvgIpc) is 2.58. The lowest BCUT2D eigenvalue weighted by molar-refractivity contribution is -0.137. The zero-order valence-electron chi connectivity index (χ0n) is 12.9. The number of hydrogen-bond acceptors (Lipinski definition) is 5. The highest BCUT2D eigenvalue weighted by Gasteiger charge is 2.17. The second-order valence-corrected chi connectivity index (χ2v) is 4.98. The third-order valence-electron chi connectivity index (χ3n) is 3.33. The number of morpholine rings is 1. The van der Waals surface area contributed by atoms with Crippen molar-refractivity contribution >= 4 is 17.6 Å². The Hall–Kier alpha value is -2.61. The molecule has 1 saturated heterocycles. The number of hydrogen-bond donors (Lipinski definition) is 2. The number of carbonyl (C=O) groups excluding carboxylic acids is 2. The maximum atomic E-state index is 12.0. The number of nitrogens with zero attached hydrogens (tertiary/aromatic N) is 2. The Labute approximate surface area is 134 Å². The van der Waals surface area contributed by atoms with Crippen LogP contribution in [0.25, 0.3) is 0 Å². The zero-order chi connectivity index (χ0) is 16.7. The van der Waals surface area contributed by atoms with Gasteiger partial charge >= 0.3 is 6.03 Å². The van der Waals surface area contributed by atoms with E-state index in [4.69, 9.17) is 15.2 Å². The Morgan fingerprint density at radius 2 is 1.96 bits per heavy atom. The van der Waals surface area contributed by atoms with E-state index in [0.29, 0.717) is 37.8 Å². The molecule has 0 unspecified atom stereocenters. The van der Waals surface area contributed by atoms with Gasteiger partial charge in [0.15, 0.2) is 6.61 Å². The lowest BCUT2D eigenvalue weighted by atomic mass is 10.1. The molecule has 1 aliphatic rings. The summed E-state index contributed by atoms with van der Waals surface area (Å²) in [7, 11) is 0. The fourth-order valence-corrected chi connectivity index (χ4v) is 2.04. The van der Waals surface area contributed by atoms with E-state index in [1.165, 1.54) is 0 Å². The van der Waals surface area contributed by atoms with Crippen LogP contribution in [0.1, 0.15) is 12.5 Å². The summed E-state index contributed by atoms with van der Waals surface area (Å²) in [6, 6.07) is 6.34. The Morgan fingerprint density at radius 3 is 2.57 bits per heavy atom. The van der Waals surface area contributed by atoms with Gasteiger partial charge in [-0.25, -0.2) is 10.2 Å². The third-order valence-corrected chi connectivity index (χ3v) is 3.33. The number of carbonyl (C=O) groups is 2. The van der Waals surface area contributed by atoms with Gasteiger partial charge in [0.05, 0.1) is 18.9 Å². The standard InChI is InChI=1S/C15H20N4O4/c1-11(17-18-15(16)21)12-2-4-13(5-3-12)23-10-14(20)19-6-8-22-9-7-19/h2-5H,6-10H2,1H3,(H3,16,18,21)/b17-11-. The molecule has 1 fully saturated rings. The van der Waals surface area contributed by atoms with E-state index in [0.717, 1.165) is 5.56 Å². The highest BCUT2D eigenvalue weighted by Crippen LogP contribution is 2.13. The Bertz CT molecular complexity index is 580. The summed E-state index contributed by atoms with van der Waals surface area (Å²) < 4.78 is 10.7. The second-order valence-electron chi connectivity index (χ2n) is 4.98. The predicted molar refractivity (Wildman–Crippen MR) is 84.3 cm³/mol. The Morgan fingerprint density at radius 1 is 1.30 bits per heavy atom. The number of urea groups is 1. The monoisotopic (exact) mass is 320 g/mol. The van der Waals surface area contributed by atoms with Crippen molar-refractivity contribution in [3.05, 3.63) is 29.8 Å². The molecule has 0 aliphatic carbocycles. The number of ether oxygens (including phenoxy) is 2. The van der Waals surface area contributed by atoms with Gasteiger partial charge in [-0.05, 0) is 36.8 Å². The molecule has 0 atom stereocenters. The third kappa shape index (κ3) is 5.26. The predicted octanol–water partition coefficient (Wildman–Crippen LogP) is 0.317. The number of benzene rings is 1. The zero-order valence-corrected chi connectivity index (χ0v) is 12.9. The largest absolute Gasteiger partial charge is 0.484 e. The molecule has 2 rings (SSSR count). The first kappa shape index (κ1) is 16.8. The molecule has 0 bridgehead atoms. The highest BCUT2D eigenvalue weighted by atomic mass is 16.5. The van der Waals surface area contributed by atoms with Crippen LogP contribution < -0.4 is 15.9 Å². The van der Waals surface area contributed by atoms with Crippen LogP contribution in [0.3, 0.4) is 0 Å². The molecule has 1 aromatic carbocycles. The number of rotatable bonds is 5. The molecule has 0 spiro atoms. The quantitative estimate of drug-likeness (QED) is 0.602. The van der Waals surface area contributed by atoms with Crippen LogP contribution in [0.4, 0.5) is 4.79 Å². The summed E-state index contributed by atoms with van der Waals surface area (Å²) in [6.45, 7) is 4.08. The molecule has 124 valence electrons. The molecule has 1 aliphatic heterocycles. The number of amides is 3. The maximum absolute atomic E-state index is 12.0. The van der Waals surface area contributed by atoms with Crippen molar-refractivity contribution in [3.8, 4) is 5.75 Å². The van der Waals surface area contributed by atoms with Crippen LogP contribution in [-0.4, -0.2) is 55.5 Å². The molecule has 3 N–H and O–H groups in total. The minimum absolute atomic E-state index is 0.00432. The van der Waals surface area contributed by atoms with E-state index in [2.05, 4.69) is 10.5 Å². The average molecular weight is 320 g/mol. The van der Waals surface area contributed by atoms with Crippen molar-refractivity contribution in [2.45, 2.75) is 6.92 Å². The molecule has 0 aromatic heterocycles. The van der Waals surface area contributed by atoms with Gasteiger partial charge in [-0.3, -0.25) is 4.79 Å². The van der Waals surface area contributed by atoms with E-state index in [1.807, 2.05) is 0 Å². The Kier molecular flexibility index (Phi) is 5.93. The first-order valence-electron chi connectivity index (χ1n) is 7.25. The summed E-state index contributed by atoms with van der Waals surface area (Å²) in [5.41, 5.74) is 8.54. The number of primary amides is 1. The van der Waals surface area contributed by atoms with Crippen molar-refractivity contribution in [3.63, 3.8) is 0 Å². The summed E-state index contributed by atoms with van der Waals surface area (Å²) in [5, 5.41) is 3.84. The van der Waals surface area contributed by atoms with Gasteiger partial charge in [0.25, 0.3) is 5.91 Å². The highest BCUT2D eigenvalue weighted by molar-refractivity contribution is 5.99. The van der Waals surface area contributed by atoms with Gasteiger partial charge in [0.2, 0.25) is 0 Å². The molecule has 3 amide bonds. The molecule has 0 saturated carbocycles. The molecule has 23 heavy (non-hydrogen) atoms. The lowest BCUT2D eigenvalue weighted by Crippen LogP contribution is -2.42. The minimum atomic E-state index is -0.717. The van der Waals surface area contributed by atoms with Gasteiger partial charge < -0.3 is 20.1 Å². The van der Waals surface area contributed by atoms with Crippen molar-refractivity contribution in [2.75, 3.05) is 32.9 Å². The van der Waals surface area contributed by atoms with Crippen molar-refractivity contribution in [1.82, 2.24) is 10.3 Å². The fraction of sp³-hybridized carbons (Fsp3) is 0.400. The smallest absolute Gasteiger partial charge is 0.332 e.